The Kier molecular flexibility index (Phi) is 5.56. The van der Waals surface area contributed by atoms with Crippen molar-refractivity contribution in [3.63, 3.8) is 0 Å². The number of likely N-dealkylation sites (tertiary alicyclic amines) is 2. The first kappa shape index (κ1) is 19.2. The van der Waals surface area contributed by atoms with Crippen molar-refractivity contribution in [1.82, 2.24) is 9.80 Å². The Hall–Kier alpha value is -1.62. The maximum absolute atomic E-state index is 13.1. The van der Waals surface area contributed by atoms with Crippen molar-refractivity contribution in [3.05, 3.63) is 34.6 Å². The van der Waals surface area contributed by atoms with Gasteiger partial charge in [-0.1, -0.05) is 31.5 Å². The predicted molar refractivity (Wildman–Crippen MR) is 99.4 cm³/mol. The molecule has 1 spiro atoms. The van der Waals surface area contributed by atoms with E-state index in [9.17, 15) is 14.0 Å². The summed E-state index contributed by atoms with van der Waals surface area (Å²) < 4.78 is 13.1. The maximum atomic E-state index is 13.1. The molecule has 1 aromatic rings. The molecule has 2 amide bonds. The molecule has 0 aromatic heterocycles. The van der Waals surface area contributed by atoms with Gasteiger partial charge in [0.25, 0.3) is 0 Å². The molecule has 2 heterocycles. The number of piperidine rings is 1. The van der Waals surface area contributed by atoms with Crippen LogP contribution in [0, 0.1) is 17.2 Å². The number of carbonyl (C=O) groups is 2. The first-order chi connectivity index (χ1) is 12.3. The minimum Gasteiger partial charge on any atom is -0.342 e. The number of benzene rings is 1. The molecule has 0 bridgehead atoms. The van der Waals surface area contributed by atoms with Crippen LogP contribution in [0.5, 0.6) is 0 Å². The molecule has 3 rings (SSSR count). The summed E-state index contributed by atoms with van der Waals surface area (Å²) in [6.07, 6.45) is 2.50. The van der Waals surface area contributed by atoms with Gasteiger partial charge in [-0.25, -0.2) is 4.39 Å². The van der Waals surface area contributed by atoms with Gasteiger partial charge in [0, 0.05) is 43.0 Å². The summed E-state index contributed by atoms with van der Waals surface area (Å²) in [4.78, 5) is 28.7. The van der Waals surface area contributed by atoms with Crippen LogP contribution in [-0.4, -0.2) is 47.8 Å². The number of amides is 2. The van der Waals surface area contributed by atoms with Crippen LogP contribution in [0.25, 0.3) is 0 Å². The molecular weight excluding hydrogens is 355 g/mol. The molecule has 6 heteroatoms. The minimum absolute atomic E-state index is 0.0109. The number of hydrogen-bond donors (Lipinski definition) is 0. The molecule has 0 radical (unpaired) electrons. The van der Waals surface area contributed by atoms with Crippen molar-refractivity contribution in [1.29, 1.82) is 0 Å². The second-order valence-corrected chi connectivity index (χ2v) is 8.55. The highest BCUT2D eigenvalue weighted by Crippen LogP contribution is 2.41. The summed E-state index contributed by atoms with van der Waals surface area (Å²) in [5, 5.41) is 0.289. The zero-order valence-electron chi connectivity index (χ0n) is 15.4. The molecule has 0 N–H and O–H groups in total. The lowest BCUT2D eigenvalue weighted by Crippen LogP contribution is -2.45. The summed E-state index contributed by atoms with van der Waals surface area (Å²) >= 11 is 6.03. The van der Waals surface area contributed by atoms with Crippen LogP contribution < -0.4 is 0 Å². The highest BCUT2D eigenvalue weighted by atomic mass is 35.5. The molecule has 0 atom stereocenters. The van der Waals surface area contributed by atoms with E-state index in [1.165, 1.54) is 12.1 Å². The fourth-order valence-corrected chi connectivity index (χ4v) is 4.33. The van der Waals surface area contributed by atoms with E-state index in [-0.39, 0.29) is 28.7 Å². The van der Waals surface area contributed by atoms with Crippen molar-refractivity contribution < 1.29 is 14.0 Å². The zero-order valence-corrected chi connectivity index (χ0v) is 16.2. The summed E-state index contributed by atoms with van der Waals surface area (Å²) in [5.41, 5.74) is 0.675. The van der Waals surface area contributed by atoms with Crippen LogP contribution in [0.3, 0.4) is 0 Å². The largest absolute Gasteiger partial charge is 0.342 e. The van der Waals surface area contributed by atoms with Gasteiger partial charge >= 0.3 is 0 Å². The SMILES string of the molecule is CC(C)CN1CC2(CCN(C(=O)Cc3ccc(F)cc3Cl)CC2)CC1=O. The third-order valence-corrected chi connectivity index (χ3v) is 5.88. The van der Waals surface area contributed by atoms with Gasteiger partial charge in [-0.05, 0) is 36.5 Å². The van der Waals surface area contributed by atoms with Gasteiger partial charge in [0.15, 0.2) is 0 Å². The lowest BCUT2D eigenvalue weighted by molar-refractivity contribution is -0.132. The number of halogens is 2. The van der Waals surface area contributed by atoms with E-state index in [1.54, 1.807) is 6.07 Å². The van der Waals surface area contributed by atoms with Crippen molar-refractivity contribution >= 4 is 23.4 Å². The quantitative estimate of drug-likeness (QED) is 0.801. The van der Waals surface area contributed by atoms with Gasteiger partial charge < -0.3 is 9.80 Å². The van der Waals surface area contributed by atoms with Crippen LogP contribution in [-0.2, 0) is 16.0 Å². The third-order valence-electron chi connectivity index (χ3n) is 5.52. The number of rotatable bonds is 4. The second kappa shape index (κ2) is 7.55. The Morgan fingerprint density at radius 3 is 2.62 bits per heavy atom. The first-order valence-electron chi connectivity index (χ1n) is 9.27. The predicted octanol–water partition coefficient (Wildman–Crippen LogP) is 3.52. The summed E-state index contributed by atoms with van der Waals surface area (Å²) in [5.74, 6) is 0.326. The van der Waals surface area contributed by atoms with Gasteiger partial charge in [-0.3, -0.25) is 9.59 Å². The minimum atomic E-state index is -0.400. The Labute approximate surface area is 159 Å². The lowest BCUT2D eigenvalue weighted by Gasteiger charge is -2.39. The van der Waals surface area contributed by atoms with Gasteiger partial charge in [-0.15, -0.1) is 0 Å². The highest BCUT2D eigenvalue weighted by molar-refractivity contribution is 6.31. The van der Waals surface area contributed by atoms with E-state index < -0.39 is 5.82 Å². The highest BCUT2D eigenvalue weighted by Gasteiger charge is 2.45. The molecule has 1 aromatic carbocycles. The fraction of sp³-hybridized carbons (Fsp3) is 0.600. The van der Waals surface area contributed by atoms with Crippen LogP contribution in [0.2, 0.25) is 5.02 Å². The molecule has 0 saturated carbocycles. The average Bonchev–Trinajstić information content (AvgIpc) is 2.85. The van der Waals surface area contributed by atoms with Crippen LogP contribution in [0.15, 0.2) is 18.2 Å². The van der Waals surface area contributed by atoms with E-state index in [1.807, 2.05) is 9.80 Å². The normalized spacial score (nSPS) is 19.7. The van der Waals surface area contributed by atoms with E-state index in [0.29, 0.717) is 31.0 Å². The second-order valence-electron chi connectivity index (χ2n) is 8.14. The van der Waals surface area contributed by atoms with Crippen LogP contribution >= 0.6 is 11.6 Å². The molecule has 0 unspecified atom stereocenters. The molecule has 26 heavy (non-hydrogen) atoms. The van der Waals surface area contributed by atoms with Crippen molar-refractivity contribution in [2.45, 2.75) is 39.5 Å². The van der Waals surface area contributed by atoms with Gasteiger partial charge in [0.05, 0.1) is 6.42 Å². The monoisotopic (exact) mass is 380 g/mol. The number of nitrogens with zero attached hydrogens (tertiary/aromatic N) is 2. The fourth-order valence-electron chi connectivity index (χ4n) is 4.09. The number of hydrogen-bond acceptors (Lipinski definition) is 2. The Bertz CT molecular complexity index is 699. The molecular formula is C20H26ClFN2O2. The molecule has 142 valence electrons. The van der Waals surface area contributed by atoms with Crippen LogP contribution in [0.1, 0.15) is 38.7 Å². The molecule has 0 aliphatic carbocycles. The first-order valence-corrected chi connectivity index (χ1v) is 9.65. The van der Waals surface area contributed by atoms with Gasteiger partial charge in [0.1, 0.15) is 5.82 Å². The smallest absolute Gasteiger partial charge is 0.227 e. The van der Waals surface area contributed by atoms with Gasteiger partial charge in [-0.2, -0.15) is 0 Å². The van der Waals surface area contributed by atoms with E-state index in [2.05, 4.69) is 13.8 Å². The average molecular weight is 381 g/mol. The summed E-state index contributed by atoms with van der Waals surface area (Å²) in [6, 6.07) is 4.14. The van der Waals surface area contributed by atoms with Crippen molar-refractivity contribution in [2.24, 2.45) is 11.3 Å². The molecule has 4 nitrogen and oxygen atoms in total. The maximum Gasteiger partial charge on any atom is 0.227 e. The topological polar surface area (TPSA) is 40.6 Å². The lowest BCUT2D eigenvalue weighted by atomic mass is 9.77. The van der Waals surface area contributed by atoms with Crippen molar-refractivity contribution in [2.75, 3.05) is 26.2 Å². The number of carbonyl (C=O) groups excluding carboxylic acids is 2. The molecule has 2 saturated heterocycles. The van der Waals surface area contributed by atoms with E-state index in [0.717, 1.165) is 25.9 Å². The standard InChI is InChI=1S/C20H26ClFN2O2/c1-14(2)12-24-13-20(11-19(24)26)5-7-23(8-6-20)18(25)9-15-3-4-16(22)10-17(15)21/h3-4,10,14H,5-9,11-13H2,1-2H3. The molecule has 2 aliphatic rings. The Morgan fingerprint density at radius 1 is 1.31 bits per heavy atom. The summed E-state index contributed by atoms with van der Waals surface area (Å²) in [7, 11) is 0. The van der Waals surface area contributed by atoms with Crippen LogP contribution in [0.4, 0.5) is 4.39 Å². The van der Waals surface area contributed by atoms with Gasteiger partial charge in [0.2, 0.25) is 11.8 Å². The molecule has 2 aliphatic heterocycles. The van der Waals surface area contributed by atoms with Crippen molar-refractivity contribution in [3.8, 4) is 0 Å². The third kappa shape index (κ3) is 4.20. The Morgan fingerprint density at radius 2 is 2.00 bits per heavy atom. The Balaban J connectivity index is 1.56. The zero-order chi connectivity index (χ0) is 18.9. The summed E-state index contributed by atoms with van der Waals surface area (Å²) in [6.45, 7) is 7.21. The molecule has 2 fully saturated rings. The van der Waals surface area contributed by atoms with E-state index >= 15 is 0 Å². The van der Waals surface area contributed by atoms with E-state index in [4.69, 9.17) is 11.6 Å².